The quantitative estimate of drug-likeness (QED) is 0.385. The average Bonchev–Trinajstić information content (AvgIpc) is 3.13. The smallest absolute Gasteiger partial charge is 0.409 e. The van der Waals surface area contributed by atoms with Gasteiger partial charge in [0.2, 0.25) is 0 Å². The molecule has 0 unspecified atom stereocenters. The van der Waals surface area contributed by atoms with E-state index in [0.717, 1.165) is 31.9 Å². The van der Waals surface area contributed by atoms with E-state index in [2.05, 4.69) is 4.99 Å². The van der Waals surface area contributed by atoms with E-state index in [1.54, 1.807) is 11.0 Å². The first-order chi connectivity index (χ1) is 15.7. The summed E-state index contributed by atoms with van der Waals surface area (Å²) in [6.45, 7) is 5.03. The van der Waals surface area contributed by atoms with Crippen LogP contribution in [0.2, 0.25) is 0 Å². The van der Waals surface area contributed by atoms with Crippen LogP contribution in [-0.2, 0) is 4.79 Å². The van der Waals surface area contributed by atoms with Gasteiger partial charge in [0.1, 0.15) is 11.6 Å². The number of nitrogens with two attached hydrogens (primary N) is 1. The molecule has 1 aliphatic heterocycles. The largest absolute Gasteiger partial charge is 0.415 e. The number of amides is 2. The number of thioether (sulfide) groups is 1. The van der Waals surface area contributed by atoms with E-state index < -0.39 is 11.9 Å². The predicted molar refractivity (Wildman–Crippen MR) is 132 cm³/mol. The maximum Gasteiger partial charge on any atom is 0.415 e. The van der Waals surface area contributed by atoms with Gasteiger partial charge in [-0.15, -0.1) is 0 Å². The summed E-state index contributed by atoms with van der Waals surface area (Å²) in [5.41, 5.74) is 5.97. The lowest BCUT2D eigenvalue weighted by atomic mass is 10.2. The SMILES string of the molecule is CCCN(CCN(C)C)C(=O)Oc1cc(F)ccc1/C=C1/SC(N(C)CCCCN)=NC1=O. The van der Waals surface area contributed by atoms with Gasteiger partial charge in [-0.05, 0) is 69.9 Å². The zero-order chi connectivity index (χ0) is 24.4. The summed E-state index contributed by atoms with van der Waals surface area (Å²) in [6.07, 6.45) is 3.61. The van der Waals surface area contributed by atoms with Gasteiger partial charge in [-0.25, -0.2) is 9.18 Å². The number of aliphatic imine (C=N–C) groups is 1. The molecule has 0 radical (unpaired) electrons. The Labute approximate surface area is 199 Å². The minimum absolute atomic E-state index is 0.0663. The molecule has 0 fully saturated rings. The highest BCUT2D eigenvalue weighted by Gasteiger charge is 2.25. The lowest BCUT2D eigenvalue weighted by Crippen LogP contribution is -2.39. The van der Waals surface area contributed by atoms with Gasteiger partial charge >= 0.3 is 6.09 Å². The molecule has 33 heavy (non-hydrogen) atoms. The Hall–Kier alpha value is -2.43. The molecule has 0 aliphatic carbocycles. The normalized spacial score (nSPS) is 14.7. The van der Waals surface area contributed by atoms with Crippen molar-refractivity contribution in [1.82, 2.24) is 14.7 Å². The van der Waals surface area contributed by atoms with Crippen molar-refractivity contribution in [3.63, 3.8) is 0 Å². The van der Waals surface area contributed by atoms with Crippen LogP contribution in [0, 0.1) is 5.82 Å². The third-order valence-corrected chi connectivity index (χ3v) is 6.01. The zero-order valence-electron chi connectivity index (χ0n) is 19.8. The number of benzene rings is 1. The summed E-state index contributed by atoms with van der Waals surface area (Å²) >= 11 is 1.24. The minimum Gasteiger partial charge on any atom is -0.409 e. The van der Waals surface area contributed by atoms with Crippen LogP contribution in [0.15, 0.2) is 28.1 Å². The summed E-state index contributed by atoms with van der Waals surface area (Å²) in [7, 11) is 5.73. The van der Waals surface area contributed by atoms with Crippen molar-refractivity contribution in [3.8, 4) is 5.75 Å². The Bertz CT molecular complexity index is 891. The van der Waals surface area contributed by atoms with Gasteiger partial charge in [0, 0.05) is 44.9 Å². The first-order valence-electron chi connectivity index (χ1n) is 11.1. The standard InChI is InChI=1S/C23H34FN5O3S/c1-5-11-29(14-13-27(2)3)23(31)32-19-16-18(24)9-8-17(19)15-20-21(30)26-22(33-20)28(4)12-7-6-10-25/h8-9,15-16H,5-7,10-14,25H2,1-4H3/b20-15+. The Morgan fingerprint density at radius 2 is 1.94 bits per heavy atom. The number of amidine groups is 1. The third kappa shape index (κ3) is 8.45. The monoisotopic (exact) mass is 479 g/mol. The van der Waals surface area contributed by atoms with Gasteiger partial charge in [0.25, 0.3) is 5.91 Å². The molecule has 182 valence electrons. The molecule has 1 aromatic rings. The highest BCUT2D eigenvalue weighted by atomic mass is 32.2. The Kier molecular flexibility index (Phi) is 10.8. The number of nitrogens with zero attached hydrogens (tertiary/aromatic N) is 4. The number of carbonyl (C=O) groups is 2. The molecular weight excluding hydrogens is 445 g/mol. The maximum absolute atomic E-state index is 14.0. The molecule has 1 heterocycles. The molecule has 0 aromatic heterocycles. The van der Waals surface area contributed by atoms with Crippen molar-refractivity contribution in [3.05, 3.63) is 34.5 Å². The second kappa shape index (κ2) is 13.3. The molecule has 0 saturated carbocycles. The molecule has 1 aliphatic rings. The Balaban J connectivity index is 2.17. The third-order valence-electron chi connectivity index (χ3n) is 4.91. The molecule has 1 aromatic carbocycles. The second-order valence-electron chi connectivity index (χ2n) is 8.07. The summed E-state index contributed by atoms with van der Waals surface area (Å²) in [5.74, 6) is -0.838. The van der Waals surface area contributed by atoms with E-state index in [4.69, 9.17) is 10.5 Å². The van der Waals surface area contributed by atoms with Gasteiger partial charge in [-0.1, -0.05) is 6.92 Å². The fourth-order valence-electron chi connectivity index (χ4n) is 3.05. The first-order valence-corrected chi connectivity index (χ1v) is 11.9. The van der Waals surface area contributed by atoms with Gasteiger partial charge < -0.3 is 25.2 Å². The van der Waals surface area contributed by atoms with Crippen molar-refractivity contribution in [1.29, 1.82) is 0 Å². The summed E-state index contributed by atoms with van der Waals surface area (Å²) in [4.78, 5) is 35.2. The van der Waals surface area contributed by atoms with Gasteiger partial charge in [-0.3, -0.25) is 4.79 Å². The number of halogens is 1. The number of ether oxygens (including phenoxy) is 1. The van der Waals surface area contributed by atoms with Gasteiger partial charge in [-0.2, -0.15) is 4.99 Å². The number of unbranched alkanes of at least 4 members (excludes halogenated alkanes) is 1. The minimum atomic E-state index is -0.550. The summed E-state index contributed by atoms with van der Waals surface area (Å²) < 4.78 is 19.5. The van der Waals surface area contributed by atoms with Crippen molar-refractivity contribution >= 4 is 35.0 Å². The fraction of sp³-hybridized carbons (Fsp3) is 0.522. The molecule has 2 N–H and O–H groups in total. The second-order valence-corrected chi connectivity index (χ2v) is 9.08. The van der Waals surface area contributed by atoms with E-state index in [9.17, 15) is 14.0 Å². The highest BCUT2D eigenvalue weighted by Crippen LogP contribution is 2.32. The predicted octanol–water partition coefficient (Wildman–Crippen LogP) is 3.24. The van der Waals surface area contributed by atoms with Crippen LogP contribution in [0.3, 0.4) is 0 Å². The summed E-state index contributed by atoms with van der Waals surface area (Å²) in [5, 5.41) is 0.599. The first kappa shape index (κ1) is 26.8. The number of hydrogen-bond donors (Lipinski definition) is 1. The van der Waals surface area contributed by atoms with Crippen molar-refractivity contribution in [2.45, 2.75) is 26.2 Å². The molecule has 0 saturated heterocycles. The fourth-order valence-corrected chi connectivity index (χ4v) is 3.94. The molecule has 2 rings (SSSR count). The van der Waals surface area contributed by atoms with Crippen LogP contribution < -0.4 is 10.5 Å². The number of hydrogen-bond acceptors (Lipinski definition) is 7. The number of rotatable bonds is 11. The van der Waals surface area contributed by atoms with Crippen LogP contribution in [0.4, 0.5) is 9.18 Å². The van der Waals surface area contributed by atoms with Gasteiger partial charge in [0.05, 0.1) is 4.91 Å². The van der Waals surface area contributed by atoms with E-state index in [0.29, 0.717) is 41.8 Å². The van der Waals surface area contributed by atoms with Gasteiger partial charge in [0.15, 0.2) is 5.17 Å². The molecule has 2 amide bonds. The lowest BCUT2D eigenvalue weighted by molar-refractivity contribution is -0.113. The van der Waals surface area contributed by atoms with Crippen molar-refractivity contribution in [2.75, 3.05) is 53.9 Å². The molecule has 0 atom stereocenters. The molecule has 0 spiro atoms. The van der Waals surface area contributed by atoms with Crippen molar-refractivity contribution < 1.29 is 18.7 Å². The molecular formula is C23H34FN5O3S. The maximum atomic E-state index is 14.0. The topological polar surface area (TPSA) is 91.5 Å². The Morgan fingerprint density at radius 3 is 2.61 bits per heavy atom. The van der Waals surface area contributed by atoms with Crippen LogP contribution >= 0.6 is 11.8 Å². The van der Waals surface area contributed by atoms with E-state index in [-0.39, 0.29) is 11.7 Å². The zero-order valence-corrected chi connectivity index (χ0v) is 20.7. The van der Waals surface area contributed by atoms with Crippen LogP contribution in [0.25, 0.3) is 6.08 Å². The van der Waals surface area contributed by atoms with Crippen LogP contribution in [0.5, 0.6) is 5.75 Å². The van der Waals surface area contributed by atoms with Crippen LogP contribution in [0.1, 0.15) is 31.7 Å². The lowest BCUT2D eigenvalue weighted by Gasteiger charge is -2.23. The van der Waals surface area contributed by atoms with E-state index in [1.165, 1.54) is 23.9 Å². The van der Waals surface area contributed by atoms with E-state index in [1.807, 2.05) is 37.9 Å². The molecule has 8 nitrogen and oxygen atoms in total. The van der Waals surface area contributed by atoms with Crippen LogP contribution in [-0.4, -0.2) is 85.7 Å². The number of likely N-dealkylation sites (N-methyl/N-ethyl adjacent to an activating group) is 1. The van der Waals surface area contributed by atoms with Crippen molar-refractivity contribution in [2.24, 2.45) is 10.7 Å². The molecule has 0 bridgehead atoms. The Morgan fingerprint density at radius 1 is 1.18 bits per heavy atom. The summed E-state index contributed by atoms with van der Waals surface area (Å²) in [6, 6.07) is 3.92. The molecule has 10 heteroatoms. The number of carbonyl (C=O) groups excluding carboxylic acids is 2. The average molecular weight is 480 g/mol. The highest BCUT2D eigenvalue weighted by molar-refractivity contribution is 8.18. The van der Waals surface area contributed by atoms with E-state index >= 15 is 0 Å².